The number of furan rings is 1. The molecule has 0 saturated heterocycles. The van der Waals surface area contributed by atoms with E-state index < -0.39 is 10.0 Å². The first-order valence-corrected chi connectivity index (χ1v) is 6.38. The van der Waals surface area contributed by atoms with E-state index in [4.69, 9.17) is 16.0 Å². The van der Waals surface area contributed by atoms with Crippen LogP contribution in [0.2, 0.25) is 0 Å². The number of hydrogen-bond acceptors (Lipinski definition) is 4. The highest BCUT2D eigenvalue weighted by Crippen LogP contribution is 2.13. The van der Waals surface area contributed by atoms with Crippen LogP contribution in [0.5, 0.6) is 0 Å². The fourth-order valence-corrected chi connectivity index (χ4v) is 1.78. The smallest absolute Gasteiger partial charge is 0.273 e. The van der Waals surface area contributed by atoms with Gasteiger partial charge in [0, 0.05) is 11.6 Å². The summed E-state index contributed by atoms with van der Waals surface area (Å²) in [5.74, 6) is 0.520. The first-order chi connectivity index (χ1) is 7.45. The zero-order chi connectivity index (χ0) is 12.2. The summed E-state index contributed by atoms with van der Waals surface area (Å²) in [6, 6.07) is 2.99. The van der Waals surface area contributed by atoms with Crippen molar-refractivity contribution in [1.82, 2.24) is 10.0 Å². The van der Waals surface area contributed by atoms with Crippen LogP contribution in [0.3, 0.4) is 0 Å². The Morgan fingerprint density at radius 2 is 2.25 bits per heavy atom. The highest BCUT2D eigenvalue weighted by molar-refractivity contribution is 7.89. The van der Waals surface area contributed by atoms with E-state index in [9.17, 15) is 8.42 Å². The van der Waals surface area contributed by atoms with E-state index in [2.05, 4.69) is 16.6 Å². The largest absolute Gasteiger partial charge is 0.447 e. The van der Waals surface area contributed by atoms with Crippen LogP contribution in [-0.4, -0.2) is 22.0 Å². The molecule has 16 heavy (non-hydrogen) atoms. The zero-order valence-electron chi connectivity index (χ0n) is 8.79. The van der Waals surface area contributed by atoms with E-state index in [1.807, 2.05) is 0 Å². The standard InChI is InChI=1S/C9H13ClN2O3S/c1-7(10)5-12-6-8-3-4-9(15-8)16(13,14)11-2/h3-4,11-12H,1,5-6H2,2H3. The number of rotatable bonds is 6. The Labute approximate surface area is 99.5 Å². The van der Waals surface area contributed by atoms with E-state index in [1.165, 1.54) is 13.1 Å². The van der Waals surface area contributed by atoms with Crippen LogP contribution in [-0.2, 0) is 16.6 Å². The second-order valence-electron chi connectivity index (χ2n) is 3.05. The Hall–Kier alpha value is -0.820. The summed E-state index contributed by atoms with van der Waals surface area (Å²) in [7, 11) is -2.18. The highest BCUT2D eigenvalue weighted by Gasteiger charge is 2.15. The molecule has 0 radical (unpaired) electrons. The molecular weight excluding hydrogens is 252 g/mol. The van der Waals surface area contributed by atoms with Crippen molar-refractivity contribution in [2.24, 2.45) is 0 Å². The molecule has 1 aromatic heterocycles. The van der Waals surface area contributed by atoms with Crippen molar-refractivity contribution >= 4 is 21.6 Å². The fourth-order valence-electron chi connectivity index (χ4n) is 1.02. The molecule has 5 nitrogen and oxygen atoms in total. The van der Waals surface area contributed by atoms with Crippen LogP contribution in [0.15, 0.2) is 33.3 Å². The van der Waals surface area contributed by atoms with Gasteiger partial charge in [0.2, 0.25) is 5.09 Å². The minimum Gasteiger partial charge on any atom is -0.447 e. The van der Waals surface area contributed by atoms with Crippen LogP contribution >= 0.6 is 11.6 Å². The molecule has 0 unspecified atom stereocenters. The van der Waals surface area contributed by atoms with Gasteiger partial charge in [0.1, 0.15) is 5.76 Å². The van der Waals surface area contributed by atoms with Gasteiger partial charge in [-0.15, -0.1) is 0 Å². The lowest BCUT2D eigenvalue weighted by atomic mass is 10.4. The van der Waals surface area contributed by atoms with Gasteiger partial charge in [0.15, 0.2) is 0 Å². The summed E-state index contributed by atoms with van der Waals surface area (Å²) < 4.78 is 30.0. The van der Waals surface area contributed by atoms with Crippen molar-refractivity contribution in [2.75, 3.05) is 13.6 Å². The topological polar surface area (TPSA) is 71.3 Å². The summed E-state index contributed by atoms with van der Waals surface area (Å²) in [6.45, 7) is 4.35. The molecule has 0 fully saturated rings. The third-order valence-electron chi connectivity index (χ3n) is 1.79. The molecule has 0 aromatic carbocycles. The quantitative estimate of drug-likeness (QED) is 0.805. The average Bonchev–Trinajstić information content (AvgIpc) is 2.66. The van der Waals surface area contributed by atoms with Gasteiger partial charge in [-0.1, -0.05) is 18.2 Å². The maximum Gasteiger partial charge on any atom is 0.273 e. The Morgan fingerprint density at radius 3 is 2.81 bits per heavy atom. The van der Waals surface area contributed by atoms with Gasteiger partial charge in [-0.2, -0.15) is 0 Å². The van der Waals surface area contributed by atoms with Gasteiger partial charge < -0.3 is 9.73 Å². The molecule has 1 aromatic rings. The van der Waals surface area contributed by atoms with Crippen molar-refractivity contribution < 1.29 is 12.8 Å². The van der Waals surface area contributed by atoms with Crippen LogP contribution in [0, 0.1) is 0 Å². The average molecular weight is 265 g/mol. The summed E-state index contributed by atoms with van der Waals surface area (Å²) in [5, 5.41) is 3.32. The maximum atomic E-state index is 11.3. The lowest BCUT2D eigenvalue weighted by Crippen LogP contribution is -2.18. The summed E-state index contributed by atoms with van der Waals surface area (Å²) in [5.41, 5.74) is 0. The van der Waals surface area contributed by atoms with Crippen molar-refractivity contribution in [3.8, 4) is 0 Å². The van der Waals surface area contributed by atoms with Crippen LogP contribution in [0.1, 0.15) is 5.76 Å². The molecule has 7 heteroatoms. The second-order valence-corrected chi connectivity index (χ2v) is 5.40. The van der Waals surface area contributed by atoms with E-state index in [0.29, 0.717) is 23.9 Å². The van der Waals surface area contributed by atoms with Gasteiger partial charge >= 0.3 is 0 Å². The minimum atomic E-state index is -3.51. The SMILES string of the molecule is C=C(Cl)CNCc1ccc(S(=O)(=O)NC)o1. The van der Waals surface area contributed by atoms with Crippen molar-refractivity contribution in [2.45, 2.75) is 11.6 Å². The van der Waals surface area contributed by atoms with Gasteiger partial charge in [0.05, 0.1) is 6.54 Å². The van der Waals surface area contributed by atoms with Gasteiger partial charge in [-0.3, -0.25) is 0 Å². The molecule has 1 heterocycles. The molecule has 0 amide bonds. The summed E-state index contributed by atoms with van der Waals surface area (Å²) in [4.78, 5) is 0. The van der Waals surface area contributed by atoms with Crippen molar-refractivity contribution in [1.29, 1.82) is 0 Å². The molecule has 0 atom stereocenters. The molecule has 90 valence electrons. The molecular formula is C9H13ClN2O3S. The van der Waals surface area contributed by atoms with Gasteiger partial charge in [-0.25, -0.2) is 13.1 Å². The Balaban J connectivity index is 2.62. The fraction of sp³-hybridized carbons (Fsp3) is 0.333. The van der Waals surface area contributed by atoms with Crippen molar-refractivity contribution in [3.63, 3.8) is 0 Å². The lowest BCUT2D eigenvalue weighted by molar-refractivity contribution is 0.403. The number of halogens is 1. The molecule has 1 rings (SSSR count). The number of hydrogen-bond donors (Lipinski definition) is 2. The molecule has 2 N–H and O–H groups in total. The van der Waals surface area contributed by atoms with E-state index >= 15 is 0 Å². The van der Waals surface area contributed by atoms with E-state index in [-0.39, 0.29) is 5.09 Å². The van der Waals surface area contributed by atoms with Gasteiger partial charge in [-0.05, 0) is 19.2 Å². The predicted octanol–water partition coefficient (Wildman–Crippen LogP) is 1.03. The van der Waals surface area contributed by atoms with Crippen LogP contribution in [0.4, 0.5) is 0 Å². The first kappa shape index (κ1) is 13.2. The van der Waals surface area contributed by atoms with E-state index in [1.54, 1.807) is 6.07 Å². The third-order valence-corrected chi connectivity index (χ3v) is 3.21. The second kappa shape index (κ2) is 5.49. The molecule has 0 spiro atoms. The van der Waals surface area contributed by atoms with Gasteiger partial charge in [0.25, 0.3) is 10.0 Å². The Kier molecular flexibility index (Phi) is 4.55. The maximum absolute atomic E-state index is 11.3. The highest BCUT2D eigenvalue weighted by atomic mass is 35.5. The minimum absolute atomic E-state index is 0.100. The normalized spacial score (nSPS) is 11.6. The summed E-state index contributed by atoms with van der Waals surface area (Å²) >= 11 is 5.55. The molecule has 0 aliphatic rings. The summed E-state index contributed by atoms with van der Waals surface area (Å²) in [6.07, 6.45) is 0. The zero-order valence-corrected chi connectivity index (χ0v) is 10.4. The predicted molar refractivity (Wildman–Crippen MR) is 61.7 cm³/mol. The monoisotopic (exact) mass is 264 g/mol. The lowest BCUT2D eigenvalue weighted by Gasteiger charge is -2.00. The molecule has 0 aliphatic carbocycles. The van der Waals surface area contributed by atoms with Crippen LogP contribution in [0.25, 0.3) is 0 Å². The first-order valence-electron chi connectivity index (χ1n) is 4.52. The number of nitrogens with one attached hydrogen (secondary N) is 2. The molecule has 0 aliphatic heterocycles. The Bertz CT molecular complexity index is 467. The molecule has 0 saturated carbocycles. The van der Waals surface area contributed by atoms with Crippen molar-refractivity contribution in [3.05, 3.63) is 29.5 Å². The third kappa shape index (κ3) is 3.64. The number of sulfonamides is 1. The molecule has 0 bridgehead atoms. The van der Waals surface area contributed by atoms with Crippen LogP contribution < -0.4 is 10.0 Å². The Morgan fingerprint density at radius 1 is 1.56 bits per heavy atom. The van der Waals surface area contributed by atoms with E-state index in [0.717, 1.165) is 0 Å².